The molecule has 1 N–H and O–H groups in total. The van der Waals surface area contributed by atoms with Crippen LogP contribution in [-0.4, -0.2) is 42.3 Å². The second kappa shape index (κ2) is 20.3. The Balaban J connectivity index is 2.09. The second-order valence-electron chi connectivity index (χ2n) is 9.55. The van der Waals surface area contributed by atoms with Gasteiger partial charge in [0.1, 0.15) is 0 Å². The lowest BCUT2D eigenvalue weighted by Gasteiger charge is -2.26. The van der Waals surface area contributed by atoms with Gasteiger partial charge in [-0.1, -0.05) is 113 Å². The molecule has 0 fully saturated rings. The number of halogens is 1. The minimum absolute atomic E-state index is 0.0616. The third-order valence-corrected chi connectivity index (χ3v) is 9.78. The first-order valence-electron chi connectivity index (χ1n) is 13.4. The van der Waals surface area contributed by atoms with Crippen LogP contribution >= 0.6 is 34.4 Å². The average Bonchev–Trinajstić information content (AvgIpc) is 3.26. The molecule has 1 atom stereocenters. The monoisotopic (exact) mass is 629 g/mol. The topological polar surface area (TPSA) is 95.6 Å². The van der Waals surface area contributed by atoms with Crippen molar-refractivity contribution in [3.8, 4) is 0 Å². The lowest BCUT2D eigenvalue weighted by Crippen LogP contribution is -2.41. The zero-order valence-corrected chi connectivity index (χ0v) is 25.3. The van der Waals surface area contributed by atoms with Crippen molar-refractivity contribution in [1.82, 2.24) is 4.72 Å². The van der Waals surface area contributed by atoms with E-state index in [2.05, 4.69) is 54.9 Å². The molecule has 1 rings (SSSR count). The molecular formula is C24H48IN5O2S2. The van der Waals surface area contributed by atoms with Gasteiger partial charge in [-0.15, -0.1) is 10.2 Å². The fourth-order valence-electron chi connectivity index (χ4n) is 3.98. The van der Waals surface area contributed by atoms with Crippen LogP contribution in [0, 0.1) is 5.92 Å². The average molecular weight is 630 g/mol. The zero-order valence-electron chi connectivity index (χ0n) is 21.5. The molecule has 0 aromatic carbocycles. The van der Waals surface area contributed by atoms with E-state index in [1.807, 2.05) is 18.7 Å². The first kappa shape index (κ1) is 32.2. The van der Waals surface area contributed by atoms with Gasteiger partial charge >= 0.3 is 0 Å². The molecule has 0 aliphatic carbocycles. The molecular weight excluding hydrogens is 581 g/mol. The number of nitrogens with one attached hydrogen (secondary N) is 1. The first-order chi connectivity index (χ1) is 16.4. The summed E-state index contributed by atoms with van der Waals surface area (Å²) in [6.45, 7) is 4.48. The molecule has 1 aliphatic heterocycles. The minimum atomic E-state index is -3.26. The van der Waals surface area contributed by atoms with E-state index in [1.54, 1.807) is 0 Å². The van der Waals surface area contributed by atoms with E-state index < -0.39 is 15.7 Å². The minimum Gasteiger partial charge on any atom is -0.215 e. The maximum atomic E-state index is 12.2. The Hall–Kier alpha value is 0.190. The Morgan fingerprint density at radius 2 is 1.32 bits per heavy atom. The van der Waals surface area contributed by atoms with Gasteiger partial charge < -0.3 is 0 Å². The fraction of sp³-hybridized carbons (Fsp3) is 1.00. The highest BCUT2D eigenvalue weighted by Crippen LogP contribution is 2.31. The largest absolute Gasteiger partial charge is 0.215 e. The Morgan fingerprint density at radius 3 is 1.82 bits per heavy atom. The third-order valence-electron chi connectivity index (χ3n) is 6.37. The first-order valence-corrected chi connectivity index (χ1v) is 17.7. The van der Waals surface area contributed by atoms with E-state index in [0.717, 1.165) is 15.9 Å². The Morgan fingerprint density at radius 1 is 0.824 bits per heavy atom. The normalized spacial score (nSPS) is 15.9. The summed E-state index contributed by atoms with van der Waals surface area (Å²) in [6.07, 6.45) is 19.8. The Labute approximate surface area is 227 Å². The number of rotatable bonds is 24. The number of unbranched alkanes of at least 4 members (excludes halogenated alkanes) is 13. The number of nitrogens with zero attached hydrogens (tertiary/aromatic N) is 4. The predicted molar refractivity (Wildman–Crippen MR) is 155 cm³/mol. The van der Waals surface area contributed by atoms with Crippen molar-refractivity contribution in [3.05, 3.63) is 0 Å². The molecule has 1 aliphatic rings. The van der Waals surface area contributed by atoms with Crippen molar-refractivity contribution in [2.45, 2.75) is 116 Å². The van der Waals surface area contributed by atoms with Gasteiger partial charge in [-0.2, -0.15) is 11.8 Å². The van der Waals surface area contributed by atoms with Gasteiger partial charge in [0.05, 0.1) is 5.75 Å². The molecule has 0 spiro atoms. The Kier molecular flexibility index (Phi) is 19.2. The number of sulfonamides is 1. The number of hydrogen-bond donors (Lipinski definition) is 1. The summed E-state index contributed by atoms with van der Waals surface area (Å²) in [7, 11) is -3.26. The number of alkyl halides is 1. The maximum absolute atomic E-state index is 12.2. The van der Waals surface area contributed by atoms with Crippen LogP contribution in [0.3, 0.4) is 0 Å². The molecule has 34 heavy (non-hydrogen) atoms. The lowest BCUT2D eigenvalue weighted by molar-refractivity contribution is 0.333. The summed E-state index contributed by atoms with van der Waals surface area (Å²) in [6, 6.07) is 0. The van der Waals surface area contributed by atoms with Crippen LogP contribution in [0.1, 0.15) is 110 Å². The van der Waals surface area contributed by atoms with Crippen LogP contribution in [0.4, 0.5) is 0 Å². The van der Waals surface area contributed by atoms with E-state index in [-0.39, 0.29) is 11.7 Å². The summed E-state index contributed by atoms with van der Waals surface area (Å²) < 4.78 is 28.0. The summed E-state index contributed by atoms with van der Waals surface area (Å²) in [5.41, 5.74) is -0.770. The molecule has 0 saturated heterocycles. The van der Waals surface area contributed by atoms with Crippen molar-refractivity contribution in [1.29, 1.82) is 0 Å². The van der Waals surface area contributed by atoms with Gasteiger partial charge in [0, 0.05) is 22.6 Å². The van der Waals surface area contributed by atoms with Crippen LogP contribution in [0.25, 0.3) is 0 Å². The summed E-state index contributed by atoms with van der Waals surface area (Å²) >= 11 is 4.06. The molecule has 0 aromatic rings. The van der Waals surface area contributed by atoms with Crippen LogP contribution < -0.4 is 4.72 Å². The number of hydrogen-bond acceptors (Lipinski definition) is 7. The van der Waals surface area contributed by atoms with Gasteiger partial charge in [-0.05, 0) is 36.0 Å². The summed E-state index contributed by atoms with van der Waals surface area (Å²) in [4.78, 5) is 0. The quantitative estimate of drug-likeness (QED) is 0.0664. The number of thioether (sulfide) groups is 1. The van der Waals surface area contributed by atoms with E-state index in [4.69, 9.17) is 0 Å². The van der Waals surface area contributed by atoms with Crippen LogP contribution in [0.2, 0.25) is 0 Å². The van der Waals surface area contributed by atoms with Crippen molar-refractivity contribution in [2.75, 3.05) is 28.2 Å². The summed E-state index contributed by atoms with van der Waals surface area (Å²) in [5.74, 6) is 1.98. The molecule has 0 bridgehead atoms. The SMILES string of the molecule is CCCCCCCCCCCCCCCCSCC(CNS(=O)(=O)CCCI)C1(C)N=NN=N1. The van der Waals surface area contributed by atoms with Gasteiger partial charge in [-0.3, -0.25) is 0 Å². The molecule has 7 nitrogen and oxygen atoms in total. The standard InChI is InChI=1S/C24H48IN5O2S2/c1-3-4-5-6-7-8-9-10-11-12-13-14-15-16-19-33-22-23(24(2)27-29-30-28-24)21-26-34(31,32)20-17-18-25/h23,26H,3-22H2,1-2H3. The van der Waals surface area contributed by atoms with E-state index in [9.17, 15) is 8.42 Å². The molecule has 0 amide bonds. The van der Waals surface area contributed by atoms with E-state index >= 15 is 0 Å². The highest BCUT2D eigenvalue weighted by molar-refractivity contribution is 14.1. The molecule has 0 saturated carbocycles. The van der Waals surface area contributed by atoms with Gasteiger partial charge in [0.15, 0.2) is 5.66 Å². The molecule has 1 unspecified atom stereocenters. The maximum Gasteiger partial charge on any atom is 0.211 e. The molecule has 10 heteroatoms. The van der Waals surface area contributed by atoms with E-state index in [0.29, 0.717) is 13.0 Å². The Bertz CT molecular complexity index is 650. The van der Waals surface area contributed by atoms with Crippen molar-refractivity contribution in [3.63, 3.8) is 0 Å². The van der Waals surface area contributed by atoms with Crippen LogP contribution in [-0.2, 0) is 10.0 Å². The van der Waals surface area contributed by atoms with Gasteiger partial charge in [0.2, 0.25) is 10.0 Å². The predicted octanol–water partition coefficient (Wildman–Crippen LogP) is 8.11. The van der Waals surface area contributed by atoms with Crippen LogP contribution in [0.15, 0.2) is 20.7 Å². The third kappa shape index (κ3) is 16.0. The molecule has 0 aromatic heterocycles. The lowest BCUT2D eigenvalue weighted by atomic mass is 9.98. The molecule has 0 radical (unpaired) electrons. The zero-order chi connectivity index (χ0) is 25.0. The van der Waals surface area contributed by atoms with E-state index in [1.165, 1.54) is 89.9 Å². The fourth-order valence-corrected chi connectivity index (χ4v) is 7.30. The highest BCUT2D eigenvalue weighted by atomic mass is 127. The smallest absolute Gasteiger partial charge is 0.211 e. The van der Waals surface area contributed by atoms with Crippen molar-refractivity contribution < 1.29 is 8.42 Å². The van der Waals surface area contributed by atoms with Crippen molar-refractivity contribution in [2.24, 2.45) is 26.6 Å². The highest BCUT2D eigenvalue weighted by Gasteiger charge is 2.37. The summed E-state index contributed by atoms with van der Waals surface area (Å²) in [5, 5.41) is 15.7. The van der Waals surface area contributed by atoms with Gasteiger partial charge in [-0.25, -0.2) is 13.1 Å². The second-order valence-corrected chi connectivity index (χ2v) is 13.7. The van der Waals surface area contributed by atoms with Gasteiger partial charge in [0.25, 0.3) is 0 Å². The molecule has 1 heterocycles. The molecule has 200 valence electrons. The van der Waals surface area contributed by atoms with Crippen molar-refractivity contribution >= 4 is 44.4 Å². The van der Waals surface area contributed by atoms with Crippen LogP contribution in [0.5, 0.6) is 0 Å².